The Morgan fingerprint density at radius 3 is 3.00 bits per heavy atom. The lowest BCUT2D eigenvalue weighted by Crippen LogP contribution is -2.23. The summed E-state index contributed by atoms with van der Waals surface area (Å²) in [6.45, 7) is 2.02. The molecule has 1 aliphatic rings. The first-order chi connectivity index (χ1) is 8.15. The molecule has 1 aromatic carbocycles. The minimum absolute atomic E-state index is 0.0488. The van der Waals surface area contributed by atoms with Crippen molar-refractivity contribution in [2.45, 2.75) is 12.4 Å². The number of nitrogens with one attached hydrogen (secondary N) is 2. The molecule has 1 heterocycles. The highest BCUT2D eigenvalue weighted by molar-refractivity contribution is 8.24. The Labute approximate surface area is 107 Å². The first-order valence-corrected chi connectivity index (χ1v) is 6.61. The van der Waals surface area contributed by atoms with Crippen molar-refractivity contribution in [3.05, 3.63) is 50.4 Å². The van der Waals surface area contributed by atoms with Gasteiger partial charge in [-0.2, -0.15) is 0 Å². The van der Waals surface area contributed by atoms with Crippen molar-refractivity contribution in [3.8, 4) is 0 Å². The number of hydrogen-bond donors (Lipinski definition) is 2. The number of benzene rings is 1. The van der Waals surface area contributed by atoms with Crippen molar-refractivity contribution >= 4 is 29.4 Å². The number of anilines is 1. The highest BCUT2D eigenvalue weighted by atomic mass is 32.2. The third-order valence-electron chi connectivity index (χ3n) is 2.14. The molecule has 0 saturated carbocycles. The van der Waals surface area contributed by atoms with Gasteiger partial charge >= 0.3 is 0 Å². The Bertz CT molecular complexity index is 465. The molecule has 2 N–H and O–H groups in total. The number of nitrogens with zero attached hydrogens (tertiary/aromatic N) is 1. The van der Waals surface area contributed by atoms with Crippen LogP contribution in [0.15, 0.2) is 34.7 Å². The van der Waals surface area contributed by atoms with E-state index in [4.69, 9.17) is 0 Å². The maximum Gasteiger partial charge on any atom is 0.255 e. The highest BCUT2D eigenvalue weighted by Crippen LogP contribution is 2.37. The standard InChI is InChI=1S/C10H11N3O2S2/c1-7-4-2-3-5-8(7)11-10-12-17-9(16-10)6-13(14)15/h2-6,10-12H,1H3/b9-6-. The smallest absolute Gasteiger partial charge is 0.255 e. The lowest BCUT2D eigenvalue weighted by molar-refractivity contribution is -0.402. The minimum Gasteiger partial charge on any atom is -0.360 e. The molecule has 0 spiro atoms. The largest absolute Gasteiger partial charge is 0.360 e. The molecule has 1 aliphatic heterocycles. The molecule has 2 rings (SSSR count). The normalized spacial score (nSPS) is 21.7. The third-order valence-corrected chi connectivity index (χ3v) is 4.30. The van der Waals surface area contributed by atoms with Gasteiger partial charge in [-0.3, -0.25) is 10.1 Å². The van der Waals surface area contributed by atoms with Crippen LogP contribution in [0.5, 0.6) is 0 Å². The molecule has 1 fully saturated rings. The predicted octanol–water partition coefficient (Wildman–Crippen LogP) is 2.75. The van der Waals surface area contributed by atoms with Crippen molar-refractivity contribution in [2.24, 2.45) is 0 Å². The Morgan fingerprint density at radius 2 is 2.29 bits per heavy atom. The van der Waals surface area contributed by atoms with Gasteiger partial charge in [-0.15, -0.1) is 0 Å². The minimum atomic E-state index is -0.437. The number of nitro groups is 1. The molecule has 17 heavy (non-hydrogen) atoms. The topological polar surface area (TPSA) is 67.2 Å². The van der Waals surface area contributed by atoms with Gasteiger partial charge in [-0.25, -0.2) is 4.72 Å². The molecule has 0 aromatic heterocycles. The number of hydrogen-bond acceptors (Lipinski definition) is 6. The monoisotopic (exact) mass is 269 g/mol. The van der Waals surface area contributed by atoms with Crippen molar-refractivity contribution in [2.75, 3.05) is 5.32 Å². The van der Waals surface area contributed by atoms with Gasteiger partial charge in [0.25, 0.3) is 6.20 Å². The van der Waals surface area contributed by atoms with E-state index in [-0.39, 0.29) is 5.50 Å². The summed E-state index contributed by atoms with van der Waals surface area (Å²) >= 11 is 2.68. The van der Waals surface area contributed by atoms with Crippen LogP contribution in [-0.4, -0.2) is 10.4 Å². The average molecular weight is 269 g/mol. The average Bonchev–Trinajstić information content (AvgIpc) is 2.68. The molecule has 1 saturated heterocycles. The van der Waals surface area contributed by atoms with Crippen LogP contribution in [0.3, 0.4) is 0 Å². The van der Waals surface area contributed by atoms with E-state index in [2.05, 4.69) is 10.0 Å². The first kappa shape index (κ1) is 12.3. The molecule has 1 aromatic rings. The maximum absolute atomic E-state index is 10.3. The number of rotatable bonds is 3. The molecule has 1 atom stereocenters. The summed E-state index contributed by atoms with van der Waals surface area (Å²) in [6, 6.07) is 7.93. The third kappa shape index (κ3) is 3.39. The summed E-state index contributed by atoms with van der Waals surface area (Å²) in [5, 5.41) is 13.6. The summed E-state index contributed by atoms with van der Waals surface area (Å²) in [4.78, 5) is 9.89. The lowest BCUT2D eigenvalue weighted by Gasteiger charge is -2.13. The predicted molar refractivity (Wildman–Crippen MR) is 72.0 cm³/mol. The zero-order valence-corrected chi connectivity index (χ0v) is 10.7. The zero-order valence-electron chi connectivity index (χ0n) is 9.04. The fraction of sp³-hybridized carbons (Fsp3) is 0.200. The van der Waals surface area contributed by atoms with E-state index in [0.717, 1.165) is 17.5 Å². The summed E-state index contributed by atoms with van der Waals surface area (Å²) < 4.78 is 3.74. The van der Waals surface area contributed by atoms with Crippen molar-refractivity contribution in [1.82, 2.24) is 4.72 Å². The van der Waals surface area contributed by atoms with E-state index in [0.29, 0.717) is 4.24 Å². The first-order valence-electron chi connectivity index (χ1n) is 4.91. The molecule has 0 amide bonds. The molecule has 0 bridgehead atoms. The van der Waals surface area contributed by atoms with Crippen LogP contribution in [0.25, 0.3) is 0 Å². The lowest BCUT2D eigenvalue weighted by atomic mass is 10.2. The van der Waals surface area contributed by atoms with Crippen LogP contribution in [0, 0.1) is 17.0 Å². The van der Waals surface area contributed by atoms with Gasteiger partial charge < -0.3 is 5.32 Å². The van der Waals surface area contributed by atoms with Crippen LogP contribution < -0.4 is 10.0 Å². The van der Waals surface area contributed by atoms with Crippen molar-refractivity contribution in [1.29, 1.82) is 0 Å². The Morgan fingerprint density at radius 1 is 1.53 bits per heavy atom. The second kappa shape index (κ2) is 5.44. The fourth-order valence-corrected chi connectivity index (χ4v) is 3.30. The zero-order chi connectivity index (χ0) is 12.3. The Hall–Kier alpha value is -1.18. The van der Waals surface area contributed by atoms with Gasteiger partial charge in [0.05, 0.1) is 4.92 Å². The van der Waals surface area contributed by atoms with E-state index < -0.39 is 4.92 Å². The Kier molecular flexibility index (Phi) is 3.93. The van der Waals surface area contributed by atoms with Gasteiger partial charge in [0.15, 0.2) is 0 Å². The summed E-state index contributed by atoms with van der Waals surface area (Å²) in [7, 11) is 0. The molecule has 7 heteroatoms. The fourth-order valence-electron chi connectivity index (χ4n) is 1.35. The van der Waals surface area contributed by atoms with Crippen LogP contribution >= 0.6 is 23.7 Å². The van der Waals surface area contributed by atoms with E-state index in [9.17, 15) is 10.1 Å². The van der Waals surface area contributed by atoms with Crippen molar-refractivity contribution < 1.29 is 4.92 Å². The van der Waals surface area contributed by atoms with E-state index in [1.165, 1.54) is 23.7 Å². The van der Waals surface area contributed by atoms with Gasteiger partial charge in [0.1, 0.15) is 9.73 Å². The van der Waals surface area contributed by atoms with Gasteiger partial charge in [-0.1, -0.05) is 30.0 Å². The molecule has 0 radical (unpaired) electrons. The Balaban J connectivity index is 1.99. The van der Waals surface area contributed by atoms with Crippen LogP contribution in [0.2, 0.25) is 0 Å². The summed E-state index contributed by atoms with van der Waals surface area (Å²) in [5.41, 5.74) is 2.12. The maximum atomic E-state index is 10.3. The van der Waals surface area contributed by atoms with Gasteiger partial charge in [-0.05, 0) is 30.5 Å². The molecular weight excluding hydrogens is 258 g/mol. The summed E-state index contributed by atoms with van der Waals surface area (Å²) in [6.07, 6.45) is 1.02. The van der Waals surface area contributed by atoms with Crippen LogP contribution in [-0.2, 0) is 0 Å². The van der Waals surface area contributed by atoms with E-state index in [1.807, 2.05) is 31.2 Å². The molecule has 5 nitrogen and oxygen atoms in total. The van der Waals surface area contributed by atoms with Gasteiger partial charge in [0, 0.05) is 5.69 Å². The SMILES string of the molecule is Cc1ccccc1NC1NS/C(=C\[N+](=O)[O-])S1. The van der Waals surface area contributed by atoms with Gasteiger partial charge in [0.2, 0.25) is 0 Å². The van der Waals surface area contributed by atoms with E-state index in [1.54, 1.807) is 0 Å². The second-order valence-electron chi connectivity index (χ2n) is 3.41. The summed E-state index contributed by atoms with van der Waals surface area (Å²) in [5.74, 6) is 0. The molecule has 0 aliphatic carbocycles. The highest BCUT2D eigenvalue weighted by Gasteiger charge is 2.23. The molecule has 1 unspecified atom stereocenters. The van der Waals surface area contributed by atoms with Crippen LogP contribution in [0.4, 0.5) is 5.69 Å². The molecular formula is C10H11N3O2S2. The van der Waals surface area contributed by atoms with Crippen molar-refractivity contribution in [3.63, 3.8) is 0 Å². The van der Waals surface area contributed by atoms with E-state index >= 15 is 0 Å². The van der Waals surface area contributed by atoms with Crippen LogP contribution in [0.1, 0.15) is 5.56 Å². The number of aryl methyl sites for hydroxylation is 1. The number of para-hydroxylation sites is 1. The quantitative estimate of drug-likeness (QED) is 0.499. The number of thioether (sulfide) groups is 1. The second-order valence-corrected chi connectivity index (χ2v) is 5.70. The molecule has 90 valence electrons.